The van der Waals surface area contributed by atoms with Gasteiger partial charge in [0.25, 0.3) is 11.5 Å². The van der Waals surface area contributed by atoms with Crippen molar-refractivity contribution in [2.75, 3.05) is 0 Å². The average Bonchev–Trinajstić information content (AvgIpc) is 2.44. The maximum absolute atomic E-state index is 12.0. The van der Waals surface area contributed by atoms with Crippen molar-refractivity contribution in [3.63, 3.8) is 0 Å². The molecule has 4 N–H and O–H groups in total. The lowest BCUT2D eigenvalue weighted by Gasteiger charge is -2.27. The Kier molecular flexibility index (Phi) is 4.56. The predicted octanol–water partition coefficient (Wildman–Crippen LogP) is -0.174. The molecule has 1 amide bonds. The van der Waals surface area contributed by atoms with Crippen LogP contribution in [0.1, 0.15) is 42.6 Å². The quantitative estimate of drug-likeness (QED) is 0.612. The summed E-state index contributed by atoms with van der Waals surface area (Å²) in [5.74, 6) is -2.01. The molecule has 0 spiro atoms. The first-order chi connectivity index (χ1) is 9.97. The van der Waals surface area contributed by atoms with Gasteiger partial charge in [-0.1, -0.05) is 19.3 Å². The minimum Gasteiger partial charge on any atom is -0.480 e. The molecule has 1 aromatic rings. The Hall–Kier alpha value is -2.38. The van der Waals surface area contributed by atoms with E-state index in [0.29, 0.717) is 0 Å². The monoisotopic (exact) mass is 295 g/mol. The molecule has 1 atom stereocenters. The van der Waals surface area contributed by atoms with Crippen LogP contribution >= 0.6 is 0 Å². The van der Waals surface area contributed by atoms with Crippen LogP contribution in [0.15, 0.2) is 15.7 Å². The minimum atomic E-state index is -1.11. The minimum absolute atomic E-state index is 0.131. The third-order valence-corrected chi connectivity index (χ3v) is 3.68. The summed E-state index contributed by atoms with van der Waals surface area (Å²) in [4.78, 5) is 49.8. The van der Waals surface area contributed by atoms with Crippen LogP contribution in [-0.2, 0) is 4.79 Å². The molecule has 0 aliphatic heterocycles. The van der Waals surface area contributed by atoms with Gasteiger partial charge in [0.05, 0.1) is 0 Å². The normalized spacial score (nSPS) is 17.1. The van der Waals surface area contributed by atoms with Gasteiger partial charge in [0.1, 0.15) is 11.7 Å². The molecule has 1 heterocycles. The molecule has 0 saturated heterocycles. The number of rotatable bonds is 4. The number of nitrogens with one attached hydrogen (secondary N) is 3. The number of aromatic amines is 2. The standard InChI is InChI=1S/C13H17N3O5/c17-9-6-8(14-13(21)15-9)11(18)16-10(12(19)20)7-4-2-1-3-5-7/h6-7,10H,1-5H2,(H,16,18)(H,19,20)(H2,14,15,17,21). The van der Waals surface area contributed by atoms with Crippen molar-refractivity contribution in [1.82, 2.24) is 15.3 Å². The lowest BCUT2D eigenvalue weighted by molar-refractivity contribution is -0.141. The van der Waals surface area contributed by atoms with Crippen molar-refractivity contribution >= 4 is 11.9 Å². The summed E-state index contributed by atoms with van der Waals surface area (Å²) in [5.41, 5.74) is -1.77. The van der Waals surface area contributed by atoms with E-state index in [9.17, 15) is 24.3 Å². The first kappa shape index (κ1) is 15.0. The van der Waals surface area contributed by atoms with E-state index in [2.05, 4.69) is 10.3 Å². The number of carboxylic acid groups (broad SMARTS) is 1. The summed E-state index contributed by atoms with van der Waals surface area (Å²) in [6.07, 6.45) is 4.42. The second kappa shape index (κ2) is 6.38. The molecule has 0 bridgehead atoms. The largest absolute Gasteiger partial charge is 0.480 e. The number of H-pyrrole nitrogens is 2. The van der Waals surface area contributed by atoms with Gasteiger partial charge in [-0.05, 0) is 18.8 Å². The third kappa shape index (κ3) is 3.80. The summed E-state index contributed by atoms with van der Waals surface area (Å²) < 4.78 is 0. The molecule has 1 aliphatic rings. The van der Waals surface area contributed by atoms with Crippen molar-refractivity contribution < 1.29 is 14.7 Å². The van der Waals surface area contributed by atoms with Crippen molar-refractivity contribution in [2.45, 2.75) is 38.1 Å². The third-order valence-electron chi connectivity index (χ3n) is 3.68. The molecular formula is C13H17N3O5. The van der Waals surface area contributed by atoms with Crippen LogP contribution in [-0.4, -0.2) is 33.0 Å². The number of carbonyl (C=O) groups is 2. The number of hydrogen-bond acceptors (Lipinski definition) is 4. The van der Waals surface area contributed by atoms with E-state index in [-0.39, 0.29) is 11.6 Å². The number of aliphatic carboxylic acids is 1. The highest BCUT2D eigenvalue weighted by atomic mass is 16.4. The molecule has 0 aromatic carbocycles. The number of hydrogen-bond donors (Lipinski definition) is 4. The van der Waals surface area contributed by atoms with Crippen molar-refractivity contribution in [2.24, 2.45) is 5.92 Å². The summed E-state index contributed by atoms with van der Waals surface area (Å²) >= 11 is 0. The van der Waals surface area contributed by atoms with Crippen LogP contribution in [0.4, 0.5) is 0 Å². The fourth-order valence-electron chi connectivity index (χ4n) is 2.66. The van der Waals surface area contributed by atoms with Gasteiger partial charge in [0.2, 0.25) is 0 Å². The van der Waals surface area contributed by atoms with Crippen molar-refractivity contribution in [3.8, 4) is 0 Å². The summed E-state index contributed by atoms with van der Waals surface area (Å²) in [5, 5.41) is 11.7. The Bertz CT molecular complexity index is 613. The molecule has 8 nitrogen and oxygen atoms in total. The van der Waals surface area contributed by atoms with Crippen LogP contribution in [0.25, 0.3) is 0 Å². The van der Waals surface area contributed by atoms with E-state index in [0.717, 1.165) is 38.2 Å². The van der Waals surface area contributed by atoms with E-state index in [1.807, 2.05) is 4.98 Å². The highest BCUT2D eigenvalue weighted by Crippen LogP contribution is 2.26. The van der Waals surface area contributed by atoms with E-state index in [4.69, 9.17) is 0 Å². The molecule has 0 radical (unpaired) electrons. The van der Waals surface area contributed by atoms with Gasteiger partial charge >= 0.3 is 11.7 Å². The molecule has 1 unspecified atom stereocenters. The smallest absolute Gasteiger partial charge is 0.326 e. The zero-order valence-electron chi connectivity index (χ0n) is 11.3. The molecule has 1 saturated carbocycles. The first-order valence-electron chi connectivity index (χ1n) is 6.84. The van der Waals surface area contributed by atoms with E-state index >= 15 is 0 Å². The zero-order chi connectivity index (χ0) is 15.4. The van der Waals surface area contributed by atoms with E-state index < -0.39 is 29.2 Å². The van der Waals surface area contributed by atoms with Crippen molar-refractivity contribution in [3.05, 3.63) is 32.6 Å². The highest BCUT2D eigenvalue weighted by molar-refractivity contribution is 5.94. The molecule has 2 rings (SSSR count). The second-order valence-electron chi connectivity index (χ2n) is 5.19. The Morgan fingerprint density at radius 2 is 1.86 bits per heavy atom. The van der Waals surface area contributed by atoms with E-state index in [1.165, 1.54) is 0 Å². The lowest BCUT2D eigenvalue weighted by Crippen LogP contribution is -2.47. The first-order valence-corrected chi connectivity index (χ1v) is 6.84. The van der Waals surface area contributed by atoms with Gasteiger partial charge in [-0.3, -0.25) is 14.6 Å². The van der Waals surface area contributed by atoms with Gasteiger partial charge in [-0.25, -0.2) is 9.59 Å². The fourth-order valence-corrected chi connectivity index (χ4v) is 2.66. The van der Waals surface area contributed by atoms with Crippen LogP contribution < -0.4 is 16.6 Å². The summed E-state index contributed by atoms with van der Waals surface area (Å²) in [7, 11) is 0. The highest BCUT2D eigenvalue weighted by Gasteiger charge is 2.31. The number of aromatic nitrogens is 2. The Morgan fingerprint density at radius 1 is 1.19 bits per heavy atom. The molecule has 1 aromatic heterocycles. The van der Waals surface area contributed by atoms with Gasteiger partial charge in [-0.15, -0.1) is 0 Å². The lowest BCUT2D eigenvalue weighted by atomic mass is 9.84. The number of carbonyl (C=O) groups excluding carboxylic acids is 1. The Labute approximate surface area is 119 Å². The summed E-state index contributed by atoms with van der Waals surface area (Å²) in [6, 6.07) is -0.0862. The number of amides is 1. The Balaban J connectivity index is 2.16. The topological polar surface area (TPSA) is 132 Å². The van der Waals surface area contributed by atoms with Gasteiger partial charge in [0.15, 0.2) is 0 Å². The SMILES string of the molecule is O=C(NC(C(=O)O)C1CCCCC1)c1cc(=O)[nH]c(=O)[nH]1. The Morgan fingerprint density at radius 3 is 2.43 bits per heavy atom. The van der Waals surface area contributed by atoms with Gasteiger partial charge in [-0.2, -0.15) is 0 Å². The molecule has 8 heteroatoms. The van der Waals surface area contributed by atoms with Gasteiger partial charge in [0, 0.05) is 6.07 Å². The predicted molar refractivity (Wildman–Crippen MR) is 73.1 cm³/mol. The second-order valence-corrected chi connectivity index (χ2v) is 5.19. The van der Waals surface area contributed by atoms with E-state index in [1.54, 1.807) is 0 Å². The van der Waals surface area contributed by atoms with Crippen LogP contribution in [0.3, 0.4) is 0 Å². The maximum atomic E-state index is 12.0. The maximum Gasteiger partial charge on any atom is 0.326 e. The molecular weight excluding hydrogens is 278 g/mol. The fraction of sp³-hybridized carbons (Fsp3) is 0.538. The van der Waals surface area contributed by atoms with Crippen molar-refractivity contribution in [1.29, 1.82) is 0 Å². The molecule has 1 fully saturated rings. The van der Waals surface area contributed by atoms with Gasteiger partial charge < -0.3 is 15.4 Å². The summed E-state index contributed by atoms with van der Waals surface area (Å²) in [6.45, 7) is 0. The van der Waals surface area contributed by atoms with Crippen LogP contribution in [0.2, 0.25) is 0 Å². The zero-order valence-corrected chi connectivity index (χ0v) is 11.3. The molecule has 114 valence electrons. The average molecular weight is 295 g/mol. The molecule has 21 heavy (non-hydrogen) atoms. The van der Waals surface area contributed by atoms with Crippen LogP contribution in [0, 0.1) is 5.92 Å². The molecule has 1 aliphatic carbocycles. The number of carboxylic acids is 1. The van der Waals surface area contributed by atoms with Crippen LogP contribution in [0.5, 0.6) is 0 Å².